The van der Waals surface area contributed by atoms with Crippen molar-refractivity contribution in [2.45, 2.75) is 24.2 Å². The summed E-state index contributed by atoms with van der Waals surface area (Å²) in [5.74, 6) is -2.80. The predicted octanol–water partition coefficient (Wildman–Crippen LogP) is 5.27. The van der Waals surface area contributed by atoms with E-state index in [2.05, 4.69) is 15.3 Å². The molecule has 4 rings (SSSR count). The van der Waals surface area contributed by atoms with Crippen LogP contribution in [-0.4, -0.2) is 21.6 Å². The Bertz CT molecular complexity index is 1170. The third kappa shape index (κ3) is 4.53. The fourth-order valence-corrected chi connectivity index (χ4v) is 4.00. The Morgan fingerprint density at radius 2 is 1.84 bits per heavy atom. The van der Waals surface area contributed by atoms with Crippen LogP contribution in [0, 0.1) is 11.6 Å². The van der Waals surface area contributed by atoms with Gasteiger partial charge < -0.3 is 5.32 Å². The highest BCUT2D eigenvalue weighted by Crippen LogP contribution is 2.40. The Morgan fingerprint density at radius 1 is 1.06 bits per heavy atom. The fourth-order valence-electron chi connectivity index (χ4n) is 3.36. The summed E-state index contributed by atoms with van der Waals surface area (Å²) in [6.07, 6.45) is -4.06. The summed E-state index contributed by atoms with van der Waals surface area (Å²) in [6.45, 7) is 0. The number of fused-ring (bicyclic) bond motifs is 3. The Morgan fingerprint density at radius 3 is 2.58 bits per heavy atom. The van der Waals surface area contributed by atoms with Gasteiger partial charge in [0.05, 0.1) is 17.1 Å². The van der Waals surface area contributed by atoms with Gasteiger partial charge in [-0.3, -0.25) is 4.79 Å². The zero-order chi connectivity index (χ0) is 22.2. The van der Waals surface area contributed by atoms with Crippen LogP contribution in [0.5, 0.6) is 0 Å². The van der Waals surface area contributed by atoms with E-state index in [1.54, 1.807) is 12.1 Å². The molecule has 0 saturated heterocycles. The number of halogens is 5. The van der Waals surface area contributed by atoms with E-state index in [0.29, 0.717) is 29.8 Å². The van der Waals surface area contributed by atoms with Crippen molar-refractivity contribution in [3.05, 3.63) is 70.9 Å². The fraction of sp³-hybridized carbons (Fsp3) is 0.190. The summed E-state index contributed by atoms with van der Waals surface area (Å²) in [4.78, 5) is 20.1. The van der Waals surface area contributed by atoms with Crippen LogP contribution in [0.3, 0.4) is 0 Å². The van der Waals surface area contributed by atoms with Crippen LogP contribution < -0.4 is 5.32 Å². The minimum absolute atomic E-state index is 0.0355. The molecule has 0 radical (unpaired) electrons. The Kier molecular flexibility index (Phi) is 5.65. The van der Waals surface area contributed by atoms with Gasteiger partial charge in [0.2, 0.25) is 5.91 Å². The molecule has 31 heavy (non-hydrogen) atoms. The maximum Gasteiger partial charge on any atom is 0.433 e. The van der Waals surface area contributed by atoms with Gasteiger partial charge in [-0.25, -0.2) is 18.7 Å². The quantitative estimate of drug-likeness (QED) is 0.334. The normalized spacial score (nSPS) is 12.8. The van der Waals surface area contributed by atoms with E-state index in [0.717, 1.165) is 17.7 Å². The molecule has 1 amide bonds. The van der Waals surface area contributed by atoms with Crippen molar-refractivity contribution in [1.29, 1.82) is 0 Å². The molecule has 160 valence electrons. The van der Waals surface area contributed by atoms with Gasteiger partial charge in [-0.2, -0.15) is 13.2 Å². The monoisotopic (exact) mass is 451 g/mol. The molecule has 1 aromatic heterocycles. The van der Waals surface area contributed by atoms with Crippen molar-refractivity contribution in [1.82, 2.24) is 9.97 Å². The van der Waals surface area contributed by atoms with E-state index in [1.165, 1.54) is 0 Å². The van der Waals surface area contributed by atoms with Gasteiger partial charge in [0.25, 0.3) is 0 Å². The van der Waals surface area contributed by atoms with E-state index in [4.69, 9.17) is 0 Å². The van der Waals surface area contributed by atoms with E-state index in [-0.39, 0.29) is 34.3 Å². The van der Waals surface area contributed by atoms with Crippen molar-refractivity contribution in [3.8, 4) is 11.3 Å². The first kappa shape index (κ1) is 21.2. The SMILES string of the molecule is O=C(CSc1nc2c(c(C(F)(F)F)n1)CCc1ccccc1-2)Nc1ccc(F)cc1F. The van der Waals surface area contributed by atoms with Crippen molar-refractivity contribution in [2.75, 3.05) is 11.1 Å². The zero-order valence-corrected chi connectivity index (χ0v) is 16.6. The number of aryl methyl sites for hydroxylation is 1. The van der Waals surface area contributed by atoms with Crippen LogP contribution in [0.4, 0.5) is 27.6 Å². The molecule has 1 aliphatic carbocycles. The number of aromatic nitrogens is 2. The number of anilines is 1. The van der Waals surface area contributed by atoms with E-state index in [9.17, 15) is 26.7 Å². The van der Waals surface area contributed by atoms with Gasteiger partial charge in [-0.1, -0.05) is 36.0 Å². The minimum atomic E-state index is -4.67. The summed E-state index contributed by atoms with van der Waals surface area (Å²) in [7, 11) is 0. The molecule has 3 aromatic rings. The van der Waals surface area contributed by atoms with Crippen molar-refractivity contribution in [3.63, 3.8) is 0 Å². The highest BCUT2D eigenvalue weighted by atomic mass is 32.2. The van der Waals surface area contributed by atoms with Crippen LogP contribution in [0.1, 0.15) is 16.8 Å². The lowest BCUT2D eigenvalue weighted by Crippen LogP contribution is -2.19. The Balaban J connectivity index is 1.60. The highest BCUT2D eigenvalue weighted by Gasteiger charge is 2.38. The third-order valence-corrected chi connectivity index (χ3v) is 5.56. The average Bonchev–Trinajstić information content (AvgIpc) is 2.73. The van der Waals surface area contributed by atoms with Crippen molar-refractivity contribution < 1.29 is 26.7 Å². The third-order valence-electron chi connectivity index (χ3n) is 4.71. The zero-order valence-electron chi connectivity index (χ0n) is 15.8. The summed E-state index contributed by atoms with van der Waals surface area (Å²) < 4.78 is 67.6. The molecular formula is C21H14F5N3OS. The molecule has 0 bridgehead atoms. The highest BCUT2D eigenvalue weighted by molar-refractivity contribution is 7.99. The first-order valence-electron chi connectivity index (χ1n) is 9.16. The number of alkyl halides is 3. The molecular weight excluding hydrogens is 437 g/mol. The standard InChI is InChI=1S/C21H14F5N3OS/c22-12-6-8-16(15(23)9-12)27-17(30)10-31-20-28-18-13-4-2-1-3-11(13)5-7-14(18)19(29-20)21(24,25)26/h1-4,6,8-9H,5,7,10H2,(H,27,30). The molecule has 0 atom stereocenters. The van der Waals surface area contributed by atoms with E-state index >= 15 is 0 Å². The molecule has 4 nitrogen and oxygen atoms in total. The number of amides is 1. The summed E-state index contributed by atoms with van der Waals surface area (Å²) in [5.41, 5.74) is 0.492. The molecule has 1 heterocycles. The van der Waals surface area contributed by atoms with Gasteiger partial charge >= 0.3 is 6.18 Å². The molecule has 0 aliphatic heterocycles. The maximum absolute atomic E-state index is 13.7. The molecule has 1 N–H and O–H groups in total. The number of hydrogen-bond donors (Lipinski definition) is 1. The lowest BCUT2D eigenvalue weighted by molar-refractivity contribution is -0.142. The van der Waals surface area contributed by atoms with Crippen LogP contribution in [0.2, 0.25) is 0 Å². The number of nitrogens with zero attached hydrogens (tertiary/aromatic N) is 2. The Labute approximate surface area is 177 Å². The summed E-state index contributed by atoms with van der Waals surface area (Å²) in [6, 6.07) is 9.73. The molecule has 10 heteroatoms. The summed E-state index contributed by atoms with van der Waals surface area (Å²) in [5, 5.41) is 2.04. The number of rotatable bonds is 4. The molecule has 1 aliphatic rings. The van der Waals surface area contributed by atoms with Gasteiger partial charge in [-0.15, -0.1) is 0 Å². The number of carbonyl (C=O) groups is 1. The molecule has 2 aromatic carbocycles. The first-order chi connectivity index (χ1) is 14.7. The topological polar surface area (TPSA) is 54.9 Å². The molecule has 0 spiro atoms. The second-order valence-electron chi connectivity index (χ2n) is 6.80. The van der Waals surface area contributed by atoms with E-state index < -0.39 is 29.4 Å². The van der Waals surface area contributed by atoms with Crippen LogP contribution in [0.15, 0.2) is 47.6 Å². The van der Waals surface area contributed by atoms with Gasteiger partial charge in [0.15, 0.2) is 10.9 Å². The lowest BCUT2D eigenvalue weighted by atomic mass is 9.88. The van der Waals surface area contributed by atoms with Crippen molar-refractivity contribution >= 4 is 23.4 Å². The van der Waals surface area contributed by atoms with Crippen LogP contribution >= 0.6 is 11.8 Å². The second-order valence-corrected chi connectivity index (χ2v) is 7.74. The van der Waals surface area contributed by atoms with Crippen LogP contribution in [0.25, 0.3) is 11.3 Å². The predicted molar refractivity (Wildman–Crippen MR) is 106 cm³/mol. The van der Waals surface area contributed by atoms with Crippen LogP contribution in [-0.2, 0) is 23.8 Å². The number of hydrogen-bond acceptors (Lipinski definition) is 4. The number of thioether (sulfide) groups is 1. The van der Waals surface area contributed by atoms with Gasteiger partial charge in [0.1, 0.15) is 11.6 Å². The molecule has 0 unspecified atom stereocenters. The maximum atomic E-state index is 13.7. The molecule has 0 saturated carbocycles. The molecule has 0 fully saturated rings. The smallest absolute Gasteiger partial charge is 0.323 e. The van der Waals surface area contributed by atoms with E-state index in [1.807, 2.05) is 12.1 Å². The largest absolute Gasteiger partial charge is 0.433 e. The van der Waals surface area contributed by atoms with Gasteiger partial charge in [0, 0.05) is 17.2 Å². The number of nitrogens with one attached hydrogen (secondary N) is 1. The number of benzene rings is 2. The Hall–Kier alpha value is -3.01. The number of carbonyl (C=O) groups excluding carboxylic acids is 1. The second kappa shape index (κ2) is 8.26. The minimum Gasteiger partial charge on any atom is -0.323 e. The van der Waals surface area contributed by atoms with Gasteiger partial charge in [-0.05, 0) is 30.5 Å². The lowest BCUT2D eigenvalue weighted by Gasteiger charge is -2.22. The first-order valence-corrected chi connectivity index (χ1v) is 10.1. The average molecular weight is 451 g/mol. The summed E-state index contributed by atoms with van der Waals surface area (Å²) >= 11 is 0.704. The van der Waals surface area contributed by atoms with Crippen molar-refractivity contribution in [2.24, 2.45) is 0 Å².